The summed E-state index contributed by atoms with van der Waals surface area (Å²) in [4.78, 5) is 2.40. The third kappa shape index (κ3) is 5.40. The van der Waals surface area contributed by atoms with E-state index in [-0.39, 0.29) is 0 Å². The van der Waals surface area contributed by atoms with Crippen LogP contribution in [0.4, 0.5) is 17.1 Å². The molecule has 12 aromatic rings. The highest BCUT2D eigenvalue weighted by Crippen LogP contribution is 2.43. The second-order valence-electron chi connectivity index (χ2n) is 15.6. The van der Waals surface area contributed by atoms with Gasteiger partial charge >= 0.3 is 0 Å². The van der Waals surface area contributed by atoms with Gasteiger partial charge in [0.05, 0.1) is 5.69 Å². The van der Waals surface area contributed by atoms with E-state index in [1.54, 1.807) is 0 Å². The highest BCUT2D eigenvalue weighted by Gasteiger charge is 2.17. The fraction of sp³-hybridized carbons (Fsp3) is 0. The molecule has 0 radical (unpaired) electrons. The van der Waals surface area contributed by atoms with Crippen LogP contribution in [-0.4, -0.2) is 0 Å². The molecule has 12 aromatic carbocycles. The maximum absolute atomic E-state index is 2.40. The van der Waals surface area contributed by atoms with Crippen molar-refractivity contribution in [3.63, 3.8) is 0 Å². The average molecular weight is 748 g/mol. The molecule has 0 spiro atoms. The minimum Gasteiger partial charge on any atom is -0.310 e. The van der Waals surface area contributed by atoms with Gasteiger partial charge in [-0.2, -0.15) is 0 Å². The maximum atomic E-state index is 2.40. The van der Waals surface area contributed by atoms with Crippen molar-refractivity contribution in [1.82, 2.24) is 0 Å². The van der Waals surface area contributed by atoms with Gasteiger partial charge in [0.2, 0.25) is 0 Å². The van der Waals surface area contributed by atoms with Crippen molar-refractivity contribution >= 4 is 92.5 Å². The van der Waals surface area contributed by atoms with Crippen molar-refractivity contribution in [3.8, 4) is 22.3 Å². The molecule has 0 atom stereocenters. The van der Waals surface area contributed by atoms with E-state index in [0.717, 1.165) is 17.1 Å². The molecule has 59 heavy (non-hydrogen) atoms. The minimum atomic E-state index is 1.11. The Hall–Kier alpha value is -7.74. The van der Waals surface area contributed by atoms with E-state index in [1.165, 1.54) is 97.7 Å². The van der Waals surface area contributed by atoms with E-state index in [9.17, 15) is 0 Å². The molecule has 0 amide bonds. The van der Waals surface area contributed by atoms with Crippen LogP contribution < -0.4 is 4.90 Å². The van der Waals surface area contributed by atoms with Crippen molar-refractivity contribution in [2.75, 3.05) is 4.90 Å². The molecule has 0 saturated heterocycles. The average Bonchev–Trinajstić information content (AvgIpc) is 3.32. The Kier molecular flexibility index (Phi) is 7.61. The lowest BCUT2D eigenvalue weighted by molar-refractivity contribution is 1.30. The summed E-state index contributed by atoms with van der Waals surface area (Å²) in [6.45, 7) is 0. The highest BCUT2D eigenvalue weighted by molar-refractivity contribution is 6.27. The maximum Gasteiger partial charge on any atom is 0.0540 e. The molecule has 0 heterocycles. The summed E-state index contributed by atoms with van der Waals surface area (Å²) in [6.07, 6.45) is 0. The van der Waals surface area contributed by atoms with E-state index < -0.39 is 0 Å². The summed E-state index contributed by atoms with van der Waals surface area (Å²) < 4.78 is 0. The molecule has 0 aliphatic rings. The van der Waals surface area contributed by atoms with Crippen molar-refractivity contribution in [3.05, 3.63) is 224 Å². The number of benzene rings is 12. The topological polar surface area (TPSA) is 3.24 Å². The zero-order valence-electron chi connectivity index (χ0n) is 32.3. The van der Waals surface area contributed by atoms with E-state index in [2.05, 4.69) is 229 Å². The summed E-state index contributed by atoms with van der Waals surface area (Å²) in [7, 11) is 0. The van der Waals surface area contributed by atoms with Gasteiger partial charge in [0.1, 0.15) is 0 Å². The molecular formula is C58H37N. The Morgan fingerprint density at radius 3 is 0.915 bits per heavy atom. The molecule has 0 aliphatic carbocycles. The number of fused-ring (bicyclic) bond motifs is 13. The first-order valence-corrected chi connectivity index (χ1v) is 20.4. The normalized spacial score (nSPS) is 11.7. The van der Waals surface area contributed by atoms with Crippen LogP contribution in [0.2, 0.25) is 0 Å². The summed E-state index contributed by atoms with van der Waals surface area (Å²) in [5.41, 5.74) is 8.17. The SMILES string of the molecule is c1ccc2c(N(c3ccc(-c4ccc5c6ccccc6c6ccccc6c5c4)cc3)c3ccc(-c4ccc5c6ccccc6c6ccccc6c5c4)cc3)cccc2c1. The Morgan fingerprint density at radius 2 is 0.508 bits per heavy atom. The van der Waals surface area contributed by atoms with Crippen molar-refractivity contribution < 1.29 is 0 Å². The van der Waals surface area contributed by atoms with Gasteiger partial charge in [-0.3, -0.25) is 0 Å². The third-order valence-corrected chi connectivity index (χ3v) is 12.4. The van der Waals surface area contributed by atoms with Gasteiger partial charge in [0.15, 0.2) is 0 Å². The van der Waals surface area contributed by atoms with Gasteiger partial charge in [-0.25, -0.2) is 0 Å². The number of rotatable bonds is 5. The molecule has 0 bridgehead atoms. The lowest BCUT2D eigenvalue weighted by Gasteiger charge is -2.27. The third-order valence-electron chi connectivity index (χ3n) is 12.4. The van der Waals surface area contributed by atoms with Crippen LogP contribution in [0, 0.1) is 0 Å². The second-order valence-corrected chi connectivity index (χ2v) is 15.6. The first kappa shape index (κ1) is 33.4. The van der Waals surface area contributed by atoms with E-state index >= 15 is 0 Å². The van der Waals surface area contributed by atoms with Crippen molar-refractivity contribution in [1.29, 1.82) is 0 Å². The molecule has 1 heteroatoms. The molecule has 0 saturated carbocycles. The molecule has 1 nitrogen and oxygen atoms in total. The summed E-state index contributed by atoms with van der Waals surface area (Å²) in [6, 6.07) is 82.5. The fourth-order valence-electron chi connectivity index (χ4n) is 9.61. The van der Waals surface area contributed by atoms with Gasteiger partial charge in [-0.05, 0) is 135 Å². The van der Waals surface area contributed by atoms with Crippen LogP contribution >= 0.6 is 0 Å². The van der Waals surface area contributed by atoms with Gasteiger partial charge in [-0.15, -0.1) is 0 Å². The predicted octanol–water partition coefficient (Wildman–Crippen LogP) is 16.6. The Balaban J connectivity index is 0.961. The number of hydrogen-bond acceptors (Lipinski definition) is 1. The van der Waals surface area contributed by atoms with E-state index in [0.29, 0.717) is 0 Å². The lowest BCUT2D eigenvalue weighted by atomic mass is 9.92. The molecule has 0 aromatic heterocycles. The fourth-order valence-corrected chi connectivity index (χ4v) is 9.61. The standard InChI is InChI=1S/C58H37N/c1-2-14-45-40(12-1)13-11-23-58(45)59(43-30-24-38(25-31-43)41-28-34-54-50-19-5-3-15-46(50)48-17-7-9-21-52(48)56(54)36-41)44-32-26-39(27-33-44)42-29-35-55-51-20-6-4-16-47(51)49-18-8-10-22-53(49)57(55)37-42/h1-37H. The van der Waals surface area contributed by atoms with Crippen molar-refractivity contribution in [2.24, 2.45) is 0 Å². The van der Waals surface area contributed by atoms with E-state index in [4.69, 9.17) is 0 Å². The first-order chi connectivity index (χ1) is 29.3. The number of nitrogens with zero attached hydrogens (tertiary/aromatic N) is 1. The quantitative estimate of drug-likeness (QED) is 0.159. The Bertz CT molecular complexity index is 3320. The van der Waals surface area contributed by atoms with Crippen LogP contribution in [-0.2, 0) is 0 Å². The summed E-state index contributed by atoms with van der Waals surface area (Å²) in [5.74, 6) is 0. The molecule has 274 valence electrons. The number of hydrogen-bond donors (Lipinski definition) is 0. The molecular weight excluding hydrogens is 711 g/mol. The Morgan fingerprint density at radius 1 is 0.203 bits per heavy atom. The van der Waals surface area contributed by atoms with Gasteiger partial charge in [0, 0.05) is 16.8 Å². The highest BCUT2D eigenvalue weighted by atomic mass is 15.1. The van der Waals surface area contributed by atoms with Crippen LogP contribution in [0.25, 0.3) is 97.7 Å². The Labute approximate surface area is 342 Å². The smallest absolute Gasteiger partial charge is 0.0540 e. The number of anilines is 3. The predicted molar refractivity (Wildman–Crippen MR) is 255 cm³/mol. The van der Waals surface area contributed by atoms with E-state index in [1.807, 2.05) is 0 Å². The van der Waals surface area contributed by atoms with Gasteiger partial charge < -0.3 is 4.90 Å². The van der Waals surface area contributed by atoms with Crippen LogP contribution in [0.15, 0.2) is 224 Å². The van der Waals surface area contributed by atoms with Crippen LogP contribution in [0.3, 0.4) is 0 Å². The first-order valence-electron chi connectivity index (χ1n) is 20.4. The molecule has 0 N–H and O–H groups in total. The van der Waals surface area contributed by atoms with Gasteiger partial charge in [-0.1, -0.05) is 182 Å². The monoisotopic (exact) mass is 747 g/mol. The second kappa shape index (κ2) is 13.4. The van der Waals surface area contributed by atoms with Gasteiger partial charge in [0.25, 0.3) is 0 Å². The zero-order valence-corrected chi connectivity index (χ0v) is 32.3. The summed E-state index contributed by atoms with van der Waals surface area (Å²) in [5, 5.41) is 17.9. The van der Waals surface area contributed by atoms with Crippen molar-refractivity contribution in [2.45, 2.75) is 0 Å². The largest absolute Gasteiger partial charge is 0.310 e. The zero-order chi connectivity index (χ0) is 38.9. The summed E-state index contributed by atoms with van der Waals surface area (Å²) >= 11 is 0. The van der Waals surface area contributed by atoms with Crippen LogP contribution in [0.5, 0.6) is 0 Å². The van der Waals surface area contributed by atoms with Crippen LogP contribution in [0.1, 0.15) is 0 Å². The minimum absolute atomic E-state index is 1.11. The lowest BCUT2D eigenvalue weighted by Crippen LogP contribution is -2.10. The molecule has 0 aliphatic heterocycles. The molecule has 12 rings (SSSR count). The molecule has 0 unspecified atom stereocenters. The molecule has 0 fully saturated rings.